The third-order valence-electron chi connectivity index (χ3n) is 3.22. The maximum atomic E-state index is 12.1. The molecule has 0 aliphatic rings. The fourth-order valence-electron chi connectivity index (χ4n) is 2.05. The van der Waals surface area contributed by atoms with E-state index in [-0.39, 0.29) is 0 Å². The maximum absolute atomic E-state index is 12.1. The van der Waals surface area contributed by atoms with Crippen molar-refractivity contribution in [3.8, 4) is 5.75 Å². The molecule has 0 saturated carbocycles. The average molecular weight is 295 g/mol. The van der Waals surface area contributed by atoms with E-state index < -0.39 is 11.7 Å². The number of allylic oxidation sites excluding steroid dienone is 1. The van der Waals surface area contributed by atoms with Gasteiger partial charge in [0.05, 0.1) is 11.1 Å². The normalized spacial score (nSPS) is 10.6. The summed E-state index contributed by atoms with van der Waals surface area (Å²) in [5, 5.41) is 0. The molecule has 0 radical (unpaired) electrons. The second kappa shape index (κ2) is 5.37. The highest BCUT2D eigenvalue weighted by molar-refractivity contribution is 5.91. The van der Waals surface area contributed by atoms with Crippen LogP contribution in [0.4, 0.5) is 0 Å². The van der Waals surface area contributed by atoms with Crippen LogP contribution in [0.3, 0.4) is 0 Å². The van der Waals surface area contributed by atoms with Gasteiger partial charge in [-0.3, -0.25) is 4.98 Å². The SMILES string of the molecule is C=C(C)c1ccc(C(=O)Oc2ccc3[nH]c(=O)oc3c2)cc1. The molecule has 0 bridgehead atoms. The quantitative estimate of drug-likeness (QED) is 0.594. The molecule has 1 heterocycles. The molecule has 0 unspecified atom stereocenters. The second-order valence-corrected chi connectivity index (χ2v) is 4.92. The Labute approximate surface area is 125 Å². The Balaban J connectivity index is 1.82. The van der Waals surface area contributed by atoms with Gasteiger partial charge in [0.15, 0.2) is 5.58 Å². The van der Waals surface area contributed by atoms with Crippen molar-refractivity contribution in [3.63, 3.8) is 0 Å². The summed E-state index contributed by atoms with van der Waals surface area (Å²) in [6.07, 6.45) is 0. The molecule has 0 aliphatic heterocycles. The Kier molecular flexibility index (Phi) is 3.39. The van der Waals surface area contributed by atoms with Crippen molar-refractivity contribution < 1.29 is 13.9 Å². The number of ether oxygens (including phenoxy) is 1. The summed E-state index contributed by atoms with van der Waals surface area (Å²) < 4.78 is 10.2. The lowest BCUT2D eigenvalue weighted by Gasteiger charge is -2.05. The number of nitrogens with one attached hydrogen (secondary N) is 1. The van der Waals surface area contributed by atoms with Crippen molar-refractivity contribution in [2.45, 2.75) is 6.92 Å². The Morgan fingerprint density at radius 2 is 1.82 bits per heavy atom. The lowest BCUT2D eigenvalue weighted by atomic mass is 10.1. The lowest BCUT2D eigenvalue weighted by Crippen LogP contribution is -2.08. The van der Waals surface area contributed by atoms with Crippen LogP contribution in [0.1, 0.15) is 22.8 Å². The predicted octanol–water partition coefficient (Wildman–Crippen LogP) is 3.37. The first kappa shape index (κ1) is 13.9. The lowest BCUT2D eigenvalue weighted by molar-refractivity contribution is 0.0735. The number of aromatic nitrogens is 1. The monoisotopic (exact) mass is 295 g/mol. The third-order valence-corrected chi connectivity index (χ3v) is 3.22. The topological polar surface area (TPSA) is 72.3 Å². The number of aromatic amines is 1. The van der Waals surface area contributed by atoms with Crippen molar-refractivity contribution in [2.24, 2.45) is 0 Å². The fraction of sp³-hybridized carbons (Fsp3) is 0.0588. The van der Waals surface area contributed by atoms with Crippen LogP contribution < -0.4 is 10.5 Å². The van der Waals surface area contributed by atoms with E-state index in [4.69, 9.17) is 9.15 Å². The van der Waals surface area contributed by atoms with Gasteiger partial charge < -0.3 is 9.15 Å². The van der Waals surface area contributed by atoms with Crippen LogP contribution in [-0.2, 0) is 0 Å². The van der Waals surface area contributed by atoms with Crippen LogP contribution >= 0.6 is 0 Å². The van der Waals surface area contributed by atoms with Crippen LogP contribution in [0, 0.1) is 0 Å². The van der Waals surface area contributed by atoms with E-state index in [2.05, 4.69) is 11.6 Å². The Hall–Kier alpha value is -3.08. The molecular weight excluding hydrogens is 282 g/mol. The highest BCUT2D eigenvalue weighted by Gasteiger charge is 2.10. The van der Waals surface area contributed by atoms with Gasteiger partial charge in [0.1, 0.15) is 5.75 Å². The second-order valence-electron chi connectivity index (χ2n) is 4.92. The van der Waals surface area contributed by atoms with Gasteiger partial charge in [0, 0.05) is 6.07 Å². The smallest absolute Gasteiger partial charge is 0.417 e. The molecule has 1 N–H and O–H groups in total. The summed E-state index contributed by atoms with van der Waals surface area (Å²) in [6, 6.07) is 11.7. The minimum absolute atomic E-state index is 0.309. The van der Waals surface area contributed by atoms with Gasteiger partial charge in [-0.2, -0.15) is 0 Å². The molecule has 5 nitrogen and oxygen atoms in total. The van der Waals surface area contributed by atoms with Gasteiger partial charge in [-0.15, -0.1) is 0 Å². The van der Waals surface area contributed by atoms with Crippen molar-refractivity contribution in [1.82, 2.24) is 4.98 Å². The van der Waals surface area contributed by atoms with Crippen LogP contribution in [0.5, 0.6) is 5.75 Å². The van der Waals surface area contributed by atoms with Gasteiger partial charge in [-0.05, 0) is 36.8 Å². The molecule has 1 aromatic heterocycles. The summed E-state index contributed by atoms with van der Waals surface area (Å²) in [5.74, 6) is -0.719. The number of carbonyl (C=O) groups is 1. The summed E-state index contributed by atoms with van der Waals surface area (Å²) >= 11 is 0. The molecule has 110 valence electrons. The van der Waals surface area contributed by atoms with Crippen molar-refractivity contribution in [2.75, 3.05) is 0 Å². The van der Waals surface area contributed by atoms with Crippen molar-refractivity contribution >= 4 is 22.6 Å². The maximum Gasteiger partial charge on any atom is 0.417 e. The summed E-state index contributed by atoms with van der Waals surface area (Å²) in [6.45, 7) is 5.74. The van der Waals surface area contributed by atoms with Gasteiger partial charge in [0.2, 0.25) is 0 Å². The fourth-order valence-corrected chi connectivity index (χ4v) is 2.05. The molecule has 3 aromatic rings. The highest BCUT2D eigenvalue weighted by Crippen LogP contribution is 2.20. The zero-order valence-electron chi connectivity index (χ0n) is 11.9. The summed E-state index contributed by atoms with van der Waals surface area (Å²) in [7, 11) is 0. The number of fused-ring (bicyclic) bond motifs is 1. The Morgan fingerprint density at radius 3 is 2.50 bits per heavy atom. The van der Waals surface area contributed by atoms with E-state index in [1.54, 1.807) is 24.3 Å². The Bertz CT molecular complexity index is 916. The first-order valence-corrected chi connectivity index (χ1v) is 6.64. The van der Waals surface area contributed by atoms with E-state index in [1.165, 1.54) is 6.07 Å². The van der Waals surface area contributed by atoms with Gasteiger partial charge in [-0.1, -0.05) is 24.3 Å². The number of H-pyrrole nitrogens is 1. The number of rotatable bonds is 3. The van der Waals surface area contributed by atoms with Crippen LogP contribution in [0.25, 0.3) is 16.7 Å². The van der Waals surface area contributed by atoms with Crippen LogP contribution in [-0.4, -0.2) is 11.0 Å². The van der Waals surface area contributed by atoms with Gasteiger partial charge in [0.25, 0.3) is 0 Å². The number of hydrogen-bond acceptors (Lipinski definition) is 4. The standard InChI is InChI=1S/C17H13NO4/c1-10(2)11-3-5-12(6-4-11)16(19)21-13-7-8-14-15(9-13)22-17(20)18-14/h3-9H,1H2,2H3,(H,18,20). The first-order valence-electron chi connectivity index (χ1n) is 6.64. The highest BCUT2D eigenvalue weighted by atomic mass is 16.5. The van der Waals surface area contributed by atoms with Crippen LogP contribution in [0.2, 0.25) is 0 Å². The number of hydrogen-bond donors (Lipinski definition) is 1. The van der Waals surface area contributed by atoms with Gasteiger partial charge in [-0.25, -0.2) is 9.59 Å². The molecule has 0 amide bonds. The van der Waals surface area contributed by atoms with E-state index in [9.17, 15) is 9.59 Å². The zero-order valence-corrected chi connectivity index (χ0v) is 11.9. The zero-order chi connectivity index (χ0) is 15.7. The molecule has 3 rings (SSSR count). The minimum Gasteiger partial charge on any atom is -0.423 e. The van der Waals surface area contributed by atoms with E-state index >= 15 is 0 Å². The number of esters is 1. The van der Waals surface area contributed by atoms with E-state index in [0.717, 1.165) is 11.1 Å². The first-order chi connectivity index (χ1) is 10.5. The summed E-state index contributed by atoms with van der Waals surface area (Å²) in [5.41, 5.74) is 3.21. The molecular formula is C17H13NO4. The molecule has 0 saturated heterocycles. The largest absolute Gasteiger partial charge is 0.423 e. The number of carbonyl (C=O) groups excluding carboxylic acids is 1. The number of oxazole rings is 1. The van der Waals surface area contributed by atoms with Crippen LogP contribution in [0.15, 0.2) is 58.3 Å². The van der Waals surface area contributed by atoms with Crippen molar-refractivity contribution in [1.29, 1.82) is 0 Å². The molecule has 5 heteroatoms. The molecule has 2 aromatic carbocycles. The van der Waals surface area contributed by atoms with E-state index in [0.29, 0.717) is 22.4 Å². The predicted molar refractivity (Wildman–Crippen MR) is 82.9 cm³/mol. The molecule has 0 fully saturated rings. The minimum atomic E-state index is -0.547. The molecule has 22 heavy (non-hydrogen) atoms. The summed E-state index contributed by atoms with van der Waals surface area (Å²) in [4.78, 5) is 25.7. The number of benzene rings is 2. The van der Waals surface area contributed by atoms with Gasteiger partial charge >= 0.3 is 11.7 Å². The Morgan fingerprint density at radius 1 is 1.14 bits per heavy atom. The molecule has 0 aliphatic carbocycles. The van der Waals surface area contributed by atoms with Crippen molar-refractivity contribution in [3.05, 3.63) is 70.7 Å². The average Bonchev–Trinajstić information content (AvgIpc) is 2.86. The molecule has 0 spiro atoms. The van der Waals surface area contributed by atoms with E-state index in [1.807, 2.05) is 19.1 Å². The third kappa shape index (κ3) is 2.69. The molecule has 0 atom stereocenters.